The molecule has 5 heteroatoms. The Morgan fingerprint density at radius 1 is 0.760 bits per heavy atom. The molecule has 0 heterocycles. The summed E-state index contributed by atoms with van der Waals surface area (Å²) in [6.45, 7) is 3.90. The first-order valence-electron chi connectivity index (χ1n) is 9.27. The number of hydrogen-bond donors (Lipinski definition) is 3. The second kappa shape index (κ2) is 18.7. The fourth-order valence-corrected chi connectivity index (χ4v) is 2.68. The highest BCUT2D eigenvalue weighted by atomic mass is 16.4. The average Bonchev–Trinajstić information content (AvgIpc) is 2.53. The number of carbonyl (C=O) groups is 2. The third-order valence-corrected chi connectivity index (χ3v) is 4.18. The van der Waals surface area contributed by atoms with Crippen LogP contribution in [0.1, 0.15) is 83.5 Å². The fourth-order valence-electron chi connectivity index (χ4n) is 2.68. The lowest BCUT2D eigenvalue weighted by Crippen LogP contribution is -1.97. The van der Waals surface area contributed by atoms with Gasteiger partial charge < -0.3 is 16.4 Å². The van der Waals surface area contributed by atoms with Gasteiger partial charge in [-0.1, -0.05) is 43.9 Å². The lowest BCUT2D eigenvalue weighted by molar-refractivity contribution is -0.138. The standard InChI is InChI=1S/C20H34O4.H3N/c1-2-18(15-11-9-13-17-20(23)24)14-10-7-5-3-4-6-8-12-16-19(21)22;/h2,5,7,18H,1,3-4,6,8-17H2,(H,21,22)(H,23,24);1H3. The lowest BCUT2D eigenvalue weighted by Gasteiger charge is -2.10. The maximum absolute atomic E-state index is 10.4. The quantitative estimate of drug-likeness (QED) is 0.227. The highest BCUT2D eigenvalue weighted by Crippen LogP contribution is 2.17. The number of hydrogen-bond acceptors (Lipinski definition) is 3. The van der Waals surface area contributed by atoms with E-state index in [4.69, 9.17) is 10.2 Å². The number of carboxylic acid groups (broad SMARTS) is 2. The topological polar surface area (TPSA) is 110 Å². The SMILES string of the molecule is C=CC(CCC=CCCCCCCC(=O)O)CCCCCC(=O)O.N. The van der Waals surface area contributed by atoms with Crippen LogP contribution in [0.25, 0.3) is 0 Å². The highest BCUT2D eigenvalue weighted by Gasteiger charge is 2.03. The van der Waals surface area contributed by atoms with Crippen molar-refractivity contribution >= 4 is 11.9 Å². The van der Waals surface area contributed by atoms with Crippen LogP contribution in [-0.2, 0) is 9.59 Å². The molecule has 1 unspecified atom stereocenters. The largest absolute Gasteiger partial charge is 0.481 e. The molecule has 0 saturated heterocycles. The van der Waals surface area contributed by atoms with Gasteiger partial charge in [-0.15, -0.1) is 6.58 Å². The van der Waals surface area contributed by atoms with Gasteiger partial charge in [0.15, 0.2) is 0 Å². The second-order valence-electron chi connectivity index (χ2n) is 6.38. The Balaban J connectivity index is 0. The summed E-state index contributed by atoms with van der Waals surface area (Å²) in [5.41, 5.74) is 0. The predicted octanol–water partition coefficient (Wildman–Crippen LogP) is 5.75. The molecule has 5 N–H and O–H groups in total. The van der Waals surface area contributed by atoms with Crippen LogP contribution < -0.4 is 6.15 Å². The molecule has 0 fully saturated rings. The molecule has 0 saturated carbocycles. The molecular weight excluding hydrogens is 318 g/mol. The first kappa shape index (κ1) is 25.6. The zero-order valence-electron chi connectivity index (χ0n) is 15.6. The van der Waals surface area contributed by atoms with Gasteiger partial charge in [-0.3, -0.25) is 9.59 Å². The molecule has 146 valence electrons. The van der Waals surface area contributed by atoms with Crippen molar-refractivity contribution in [3.05, 3.63) is 24.8 Å². The van der Waals surface area contributed by atoms with E-state index in [0.717, 1.165) is 70.6 Å². The fraction of sp³-hybridized carbons (Fsp3) is 0.700. The van der Waals surface area contributed by atoms with Gasteiger partial charge in [0.1, 0.15) is 0 Å². The minimum atomic E-state index is -0.706. The van der Waals surface area contributed by atoms with E-state index < -0.39 is 11.9 Å². The van der Waals surface area contributed by atoms with Gasteiger partial charge in [-0.25, -0.2) is 0 Å². The van der Waals surface area contributed by atoms with Crippen molar-refractivity contribution in [1.29, 1.82) is 0 Å². The number of allylic oxidation sites excluding steroid dienone is 3. The van der Waals surface area contributed by atoms with Crippen molar-refractivity contribution in [2.24, 2.45) is 5.92 Å². The van der Waals surface area contributed by atoms with Crippen molar-refractivity contribution in [2.75, 3.05) is 0 Å². The summed E-state index contributed by atoms with van der Waals surface area (Å²) in [6, 6.07) is 0. The maximum Gasteiger partial charge on any atom is 0.303 e. The molecule has 0 spiro atoms. The molecule has 0 aliphatic rings. The van der Waals surface area contributed by atoms with Crippen molar-refractivity contribution in [2.45, 2.75) is 83.5 Å². The Kier molecular flexibility index (Phi) is 19.2. The molecule has 0 aromatic carbocycles. The third-order valence-electron chi connectivity index (χ3n) is 4.18. The molecule has 0 aromatic rings. The van der Waals surface area contributed by atoms with Gasteiger partial charge in [0.05, 0.1) is 0 Å². The Labute approximate surface area is 152 Å². The van der Waals surface area contributed by atoms with Crippen LogP contribution in [-0.4, -0.2) is 22.2 Å². The highest BCUT2D eigenvalue weighted by molar-refractivity contribution is 5.66. The number of rotatable bonds is 17. The van der Waals surface area contributed by atoms with Gasteiger partial charge >= 0.3 is 11.9 Å². The molecule has 0 amide bonds. The van der Waals surface area contributed by atoms with Crippen LogP contribution in [0.4, 0.5) is 0 Å². The van der Waals surface area contributed by atoms with Crippen LogP contribution in [0.15, 0.2) is 24.8 Å². The van der Waals surface area contributed by atoms with Crippen LogP contribution in [0.5, 0.6) is 0 Å². The molecule has 0 aromatic heterocycles. The summed E-state index contributed by atoms with van der Waals surface area (Å²) in [5.74, 6) is -0.883. The van der Waals surface area contributed by atoms with Crippen molar-refractivity contribution in [3.63, 3.8) is 0 Å². The van der Waals surface area contributed by atoms with E-state index in [1.54, 1.807) is 0 Å². The van der Waals surface area contributed by atoms with Gasteiger partial charge in [0.25, 0.3) is 0 Å². The summed E-state index contributed by atoms with van der Waals surface area (Å²) in [7, 11) is 0. The molecule has 1 atom stereocenters. The summed E-state index contributed by atoms with van der Waals surface area (Å²) >= 11 is 0. The number of carboxylic acids is 2. The smallest absolute Gasteiger partial charge is 0.303 e. The van der Waals surface area contributed by atoms with Gasteiger partial charge in [0.2, 0.25) is 0 Å². The molecule has 5 nitrogen and oxygen atoms in total. The molecular formula is C20H37NO4. The minimum Gasteiger partial charge on any atom is -0.481 e. The van der Waals surface area contributed by atoms with Crippen molar-refractivity contribution < 1.29 is 19.8 Å². The predicted molar refractivity (Wildman–Crippen MR) is 103 cm³/mol. The van der Waals surface area contributed by atoms with E-state index in [-0.39, 0.29) is 19.0 Å². The summed E-state index contributed by atoms with van der Waals surface area (Å²) in [4.78, 5) is 20.8. The normalized spacial score (nSPS) is 11.8. The van der Waals surface area contributed by atoms with Crippen LogP contribution in [0.2, 0.25) is 0 Å². The zero-order valence-corrected chi connectivity index (χ0v) is 15.6. The Morgan fingerprint density at radius 2 is 1.28 bits per heavy atom. The lowest BCUT2D eigenvalue weighted by atomic mass is 9.96. The number of aliphatic carboxylic acids is 2. The monoisotopic (exact) mass is 355 g/mol. The Morgan fingerprint density at radius 3 is 1.84 bits per heavy atom. The summed E-state index contributed by atoms with van der Waals surface area (Å²) in [6.07, 6.45) is 18.2. The molecule has 0 rings (SSSR count). The molecule has 25 heavy (non-hydrogen) atoms. The number of unbranched alkanes of at least 4 members (excludes halogenated alkanes) is 6. The van der Waals surface area contributed by atoms with E-state index in [1.165, 1.54) is 0 Å². The van der Waals surface area contributed by atoms with Crippen LogP contribution in [0.3, 0.4) is 0 Å². The van der Waals surface area contributed by atoms with Crippen LogP contribution >= 0.6 is 0 Å². The first-order chi connectivity index (χ1) is 11.6. The van der Waals surface area contributed by atoms with E-state index >= 15 is 0 Å². The minimum absolute atomic E-state index is 0. The zero-order chi connectivity index (χ0) is 18.0. The average molecular weight is 356 g/mol. The van der Waals surface area contributed by atoms with Gasteiger partial charge in [-0.2, -0.15) is 0 Å². The van der Waals surface area contributed by atoms with E-state index in [1.807, 2.05) is 6.08 Å². The third kappa shape index (κ3) is 20.3. The molecule has 0 bridgehead atoms. The van der Waals surface area contributed by atoms with Gasteiger partial charge in [0, 0.05) is 12.8 Å². The maximum atomic E-state index is 10.4. The van der Waals surface area contributed by atoms with E-state index in [0.29, 0.717) is 5.92 Å². The first-order valence-corrected chi connectivity index (χ1v) is 9.27. The second-order valence-corrected chi connectivity index (χ2v) is 6.38. The molecule has 0 aliphatic carbocycles. The van der Waals surface area contributed by atoms with Crippen LogP contribution in [0, 0.1) is 5.92 Å². The van der Waals surface area contributed by atoms with E-state index in [2.05, 4.69) is 18.7 Å². The van der Waals surface area contributed by atoms with Gasteiger partial charge in [-0.05, 0) is 50.9 Å². The summed E-state index contributed by atoms with van der Waals surface area (Å²) in [5, 5.41) is 17.1. The summed E-state index contributed by atoms with van der Waals surface area (Å²) < 4.78 is 0. The van der Waals surface area contributed by atoms with Crippen molar-refractivity contribution in [1.82, 2.24) is 6.15 Å². The molecule has 0 radical (unpaired) electrons. The Hall–Kier alpha value is -1.62. The van der Waals surface area contributed by atoms with Crippen molar-refractivity contribution in [3.8, 4) is 0 Å². The molecule has 0 aliphatic heterocycles. The van der Waals surface area contributed by atoms with E-state index in [9.17, 15) is 9.59 Å². The Bertz CT molecular complexity index is 380.